The number of hydrogen-bond donors (Lipinski definition) is 1. The van der Waals surface area contributed by atoms with E-state index in [-0.39, 0.29) is 18.5 Å². The lowest BCUT2D eigenvalue weighted by atomic mass is 10.3. The van der Waals surface area contributed by atoms with Crippen LogP contribution in [0.25, 0.3) is 10.2 Å². The van der Waals surface area contributed by atoms with Gasteiger partial charge in [0, 0.05) is 23.4 Å². The zero-order valence-electron chi connectivity index (χ0n) is 13.7. The highest BCUT2D eigenvalue weighted by Gasteiger charge is 2.17. The van der Waals surface area contributed by atoms with Gasteiger partial charge in [-0.3, -0.25) is 4.79 Å². The fraction of sp³-hybridized carbons (Fsp3) is 0.222. The smallest absolute Gasteiger partial charge is 0.231 e. The molecular weight excluding hydrogens is 375 g/mol. The summed E-state index contributed by atoms with van der Waals surface area (Å²) >= 11 is 3.02. The van der Waals surface area contributed by atoms with E-state index in [1.54, 1.807) is 23.9 Å². The van der Waals surface area contributed by atoms with Gasteiger partial charge in [0.2, 0.25) is 12.7 Å². The summed E-state index contributed by atoms with van der Waals surface area (Å²) in [4.78, 5) is 17.5. The minimum absolute atomic E-state index is 0.0659. The third-order valence-corrected chi connectivity index (χ3v) is 5.79. The molecule has 0 atom stereocenters. The molecule has 4 rings (SSSR count). The highest BCUT2D eigenvalue weighted by Crippen LogP contribution is 2.38. The van der Waals surface area contributed by atoms with Crippen LogP contribution in [0.15, 0.2) is 41.3 Å². The number of benzene rings is 2. The number of rotatable bonds is 6. The molecule has 1 N–H and O–H groups in total. The van der Waals surface area contributed by atoms with Crippen molar-refractivity contribution < 1.29 is 18.7 Å². The first-order valence-corrected chi connectivity index (χ1v) is 9.86. The molecule has 0 spiro atoms. The van der Waals surface area contributed by atoms with Crippen LogP contribution in [0, 0.1) is 5.82 Å². The fourth-order valence-corrected chi connectivity index (χ4v) is 4.25. The monoisotopic (exact) mass is 390 g/mol. The molecule has 26 heavy (non-hydrogen) atoms. The maximum Gasteiger partial charge on any atom is 0.231 e. The van der Waals surface area contributed by atoms with E-state index in [0.29, 0.717) is 23.1 Å². The summed E-state index contributed by atoms with van der Waals surface area (Å²) in [6.45, 7) is 0.228. The number of nitrogens with zero attached hydrogens (tertiary/aromatic N) is 1. The molecular formula is C18H15FN2O3S2. The number of halogens is 1. The minimum atomic E-state index is -0.243. The Morgan fingerprint density at radius 3 is 2.81 bits per heavy atom. The lowest BCUT2D eigenvalue weighted by Gasteiger charge is -2.02. The number of fused-ring (bicyclic) bond motifs is 2. The normalized spacial score (nSPS) is 12.5. The molecule has 2 heterocycles. The Labute approximate surface area is 157 Å². The Kier molecular flexibility index (Phi) is 4.94. The molecule has 8 heteroatoms. The average Bonchev–Trinajstić information content (AvgIpc) is 3.23. The van der Waals surface area contributed by atoms with Gasteiger partial charge in [-0.1, -0.05) is 11.3 Å². The van der Waals surface area contributed by atoms with Gasteiger partial charge in [-0.15, -0.1) is 11.8 Å². The van der Waals surface area contributed by atoms with Crippen molar-refractivity contribution in [2.75, 3.05) is 17.9 Å². The number of ether oxygens (including phenoxy) is 2. The lowest BCUT2D eigenvalue weighted by molar-refractivity contribution is -0.116. The summed E-state index contributed by atoms with van der Waals surface area (Å²) in [7, 11) is 0. The molecule has 0 radical (unpaired) electrons. The highest BCUT2D eigenvalue weighted by atomic mass is 32.2. The van der Waals surface area contributed by atoms with Crippen molar-refractivity contribution in [1.82, 2.24) is 4.98 Å². The number of amides is 1. The Morgan fingerprint density at radius 2 is 2.00 bits per heavy atom. The van der Waals surface area contributed by atoms with Crippen LogP contribution in [0.5, 0.6) is 11.5 Å². The van der Waals surface area contributed by atoms with Crippen molar-refractivity contribution in [2.45, 2.75) is 17.7 Å². The van der Waals surface area contributed by atoms with Crippen LogP contribution >= 0.6 is 23.1 Å². The van der Waals surface area contributed by atoms with E-state index in [9.17, 15) is 9.18 Å². The SMILES string of the molecule is O=C(CCCSc1ccc(F)cc1)Nc1nc2cc3c(cc2s1)OCO3. The second-order valence-corrected chi connectivity index (χ2v) is 7.85. The molecule has 0 unspecified atom stereocenters. The average molecular weight is 390 g/mol. The van der Waals surface area contributed by atoms with Gasteiger partial charge in [-0.05, 0) is 36.4 Å². The topological polar surface area (TPSA) is 60.5 Å². The van der Waals surface area contributed by atoms with Crippen molar-refractivity contribution >= 4 is 44.4 Å². The quantitative estimate of drug-likeness (QED) is 0.489. The number of aromatic nitrogens is 1. The van der Waals surface area contributed by atoms with Crippen molar-refractivity contribution in [1.29, 1.82) is 0 Å². The minimum Gasteiger partial charge on any atom is -0.454 e. The highest BCUT2D eigenvalue weighted by molar-refractivity contribution is 7.99. The number of nitrogens with one attached hydrogen (secondary N) is 1. The number of hydrogen-bond acceptors (Lipinski definition) is 6. The van der Waals surface area contributed by atoms with Gasteiger partial charge in [-0.2, -0.15) is 0 Å². The molecule has 1 aromatic heterocycles. The van der Waals surface area contributed by atoms with Gasteiger partial charge in [-0.25, -0.2) is 9.37 Å². The predicted octanol–water partition coefficient (Wildman–Crippen LogP) is 4.68. The maximum atomic E-state index is 12.9. The number of carbonyl (C=O) groups excluding carboxylic acids is 1. The first-order chi connectivity index (χ1) is 12.7. The van der Waals surface area contributed by atoms with E-state index in [2.05, 4.69) is 10.3 Å². The standard InChI is InChI=1S/C18H15FN2O3S2/c19-11-3-5-12(6-4-11)25-7-1-2-17(22)21-18-20-13-8-14-15(24-10-23-14)9-16(13)26-18/h3-6,8-9H,1-2,7,10H2,(H,20,21,22). The Balaban J connectivity index is 1.28. The Bertz CT molecular complexity index is 903. The predicted molar refractivity (Wildman–Crippen MR) is 101 cm³/mol. The Morgan fingerprint density at radius 1 is 1.23 bits per heavy atom. The number of anilines is 1. The first-order valence-electron chi connectivity index (χ1n) is 8.06. The molecule has 0 bridgehead atoms. The Hall–Kier alpha value is -2.32. The van der Waals surface area contributed by atoms with Gasteiger partial charge in [0.1, 0.15) is 5.82 Å². The molecule has 1 amide bonds. The van der Waals surface area contributed by atoms with E-state index in [1.807, 2.05) is 12.1 Å². The van der Waals surface area contributed by atoms with Crippen LogP contribution in [0.3, 0.4) is 0 Å². The summed E-state index contributed by atoms with van der Waals surface area (Å²) in [6, 6.07) is 10.1. The van der Waals surface area contributed by atoms with Crippen LogP contribution < -0.4 is 14.8 Å². The third-order valence-electron chi connectivity index (χ3n) is 3.76. The van der Waals surface area contributed by atoms with E-state index in [0.717, 1.165) is 27.3 Å². The van der Waals surface area contributed by atoms with E-state index < -0.39 is 0 Å². The van der Waals surface area contributed by atoms with Gasteiger partial charge < -0.3 is 14.8 Å². The fourth-order valence-electron chi connectivity index (χ4n) is 2.51. The summed E-state index contributed by atoms with van der Waals surface area (Å²) < 4.78 is 24.5. The van der Waals surface area contributed by atoms with E-state index >= 15 is 0 Å². The van der Waals surface area contributed by atoms with Crippen molar-refractivity contribution in [2.24, 2.45) is 0 Å². The van der Waals surface area contributed by atoms with Crippen molar-refractivity contribution in [3.63, 3.8) is 0 Å². The summed E-state index contributed by atoms with van der Waals surface area (Å²) in [5, 5.41) is 3.41. The molecule has 5 nitrogen and oxygen atoms in total. The van der Waals surface area contributed by atoms with Crippen molar-refractivity contribution in [3.8, 4) is 11.5 Å². The lowest BCUT2D eigenvalue weighted by Crippen LogP contribution is -2.11. The molecule has 0 saturated carbocycles. The zero-order valence-corrected chi connectivity index (χ0v) is 15.3. The molecule has 0 saturated heterocycles. The molecule has 134 valence electrons. The van der Waals surface area contributed by atoms with E-state index in [4.69, 9.17) is 9.47 Å². The first kappa shape index (κ1) is 17.1. The van der Waals surface area contributed by atoms with Gasteiger partial charge in [0.15, 0.2) is 16.6 Å². The molecule has 1 aliphatic rings. The van der Waals surface area contributed by atoms with Crippen molar-refractivity contribution in [3.05, 3.63) is 42.2 Å². The molecule has 0 aliphatic carbocycles. The number of thioether (sulfide) groups is 1. The molecule has 1 aliphatic heterocycles. The van der Waals surface area contributed by atoms with Gasteiger partial charge in [0.25, 0.3) is 0 Å². The molecule has 2 aromatic carbocycles. The summed E-state index contributed by atoms with van der Waals surface area (Å²) in [6.07, 6.45) is 1.14. The summed E-state index contributed by atoms with van der Waals surface area (Å²) in [5.41, 5.74) is 0.779. The van der Waals surface area contributed by atoms with Gasteiger partial charge >= 0.3 is 0 Å². The summed E-state index contributed by atoms with van der Waals surface area (Å²) in [5.74, 6) is 1.87. The van der Waals surface area contributed by atoms with Gasteiger partial charge in [0.05, 0.1) is 10.2 Å². The van der Waals surface area contributed by atoms with Crippen LogP contribution in [0.2, 0.25) is 0 Å². The third kappa shape index (κ3) is 3.91. The zero-order chi connectivity index (χ0) is 17.9. The second kappa shape index (κ2) is 7.51. The number of thiazole rings is 1. The second-order valence-electron chi connectivity index (χ2n) is 5.65. The van der Waals surface area contributed by atoms with Crippen LogP contribution in [-0.4, -0.2) is 23.4 Å². The molecule has 3 aromatic rings. The molecule has 0 fully saturated rings. The van der Waals surface area contributed by atoms with E-state index in [1.165, 1.54) is 23.5 Å². The van der Waals surface area contributed by atoms with Crippen LogP contribution in [-0.2, 0) is 4.79 Å². The maximum absolute atomic E-state index is 12.9. The number of carbonyl (C=O) groups is 1. The van der Waals surface area contributed by atoms with Crippen LogP contribution in [0.1, 0.15) is 12.8 Å². The van der Waals surface area contributed by atoms with Crippen LogP contribution in [0.4, 0.5) is 9.52 Å². The largest absolute Gasteiger partial charge is 0.454 e.